The number of hydrogen-bond donors (Lipinski definition) is 1. The second-order valence-corrected chi connectivity index (χ2v) is 9.72. The van der Waals surface area contributed by atoms with Crippen LogP contribution in [-0.4, -0.2) is 25.7 Å². The first-order chi connectivity index (χ1) is 13.5. The second kappa shape index (κ2) is 7.56. The van der Waals surface area contributed by atoms with E-state index in [1.807, 2.05) is 13.0 Å². The Balaban J connectivity index is 1.57. The molecule has 1 aliphatic carbocycles. The van der Waals surface area contributed by atoms with Gasteiger partial charge in [0.15, 0.2) is 0 Å². The van der Waals surface area contributed by atoms with Gasteiger partial charge in [0.25, 0.3) is 10.0 Å². The summed E-state index contributed by atoms with van der Waals surface area (Å²) in [7, 11) is -2.25. The number of benzene rings is 1. The Morgan fingerprint density at radius 2 is 2.04 bits per heavy atom. The number of nitrogens with zero attached hydrogens (tertiary/aromatic N) is 2. The van der Waals surface area contributed by atoms with Gasteiger partial charge in [0.2, 0.25) is 11.7 Å². The first-order valence-electron chi connectivity index (χ1n) is 9.06. The van der Waals surface area contributed by atoms with Crippen LogP contribution in [0, 0.1) is 6.92 Å². The van der Waals surface area contributed by atoms with Crippen LogP contribution in [0.2, 0.25) is 0 Å². The van der Waals surface area contributed by atoms with Gasteiger partial charge in [0.1, 0.15) is 9.96 Å². The van der Waals surface area contributed by atoms with Crippen molar-refractivity contribution >= 4 is 27.0 Å². The molecule has 0 atom stereocenters. The minimum atomic E-state index is -3.76. The summed E-state index contributed by atoms with van der Waals surface area (Å²) in [5, 5.41) is 5.76. The molecule has 0 amide bonds. The molecule has 0 aliphatic heterocycles. The summed E-state index contributed by atoms with van der Waals surface area (Å²) >= 11 is 1.12. The molecule has 0 saturated heterocycles. The highest BCUT2D eigenvalue weighted by Crippen LogP contribution is 2.35. The molecule has 148 valence electrons. The molecule has 1 aromatic carbocycles. The topological polar surface area (TPSA) is 94.3 Å². The van der Waals surface area contributed by atoms with Crippen molar-refractivity contribution in [2.75, 3.05) is 11.8 Å². The van der Waals surface area contributed by atoms with Crippen LogP contribution in [0.4, 0.5) is 5.69 Å². The number of sulfonamides is 1. The number of rotatable bonds is 6. The molecule has 1 saturated carbocycles. The predicted molar refractivity (Wildman–Crippen MR) is 107 cm³/mol. The standard InChI is InChI=1S/C19H21N3O4S2/c1-12-7-8-16(25-2)15(9-12)22-28(23,24)17-10-14(11-27-17)18-20-19(26-21-18)13-5-3-4-6-13/h7-11,13,22H,3-6H2,1-2H3. The van der Waals surface area contributed by atoms with Gasteiger partial charge >= 0.3 is 0 Å². The van der Waals surface area contributed by atoms with Gasteiger partial charge in [-0.2, -0.15) is 4.98 Å². The van der Waals surface area contributed by atoms with E-state index in [-0.39, 0.29) is 4.21 Å². The van der Waals surface area contributed by atoms with Gasteiger partial charge in [0, 0.05) is 16.9 Å². The maximum atomic E-state index is 12.8. The van der Waals surface area contributed by atoms with Crippen LogP contribution >= 0.6 is 11.3 Å². The van der Waals surface area contributed by atoms with Crippen molar-refractivity contribution < 1.29 is 17.7 Å². The fraction of sp³-hybridized carbons (Fsp3) is 0.368. The number of nitrogens with one attached hydrogen (secondary N) is 1. The van der Waals surface area contributed by atoms with E-state index >= 15 is 0 Å². The lowest BCUT2D eigenvalue weighted by Crippen LogP contribution is -2.12. The summed E-state index contributed by atoms with van der Waals surface area (Å²) in [6.45, 7) is 1.89. The Morgan fingerprint density at radius 3 is 2.79 bits per heavy atom. The molecule has 0 unspecified atom stereocenters. The molecule has 2 heterocycles. The van der Waals surface area contributed by atoms with Crippen molar-refractivity contribution in [2.45, 2.75) is 42.7 Å². The second-order valence-electron chi connectivity index (χ2n) is 6.90. The van der Waals surface area contributed by atoms with Crippen molar-refractivity contribution in [2.24, 2.45) is 0 Å². The molecule has 3 aromatic rings. The Bertz CT molecular complexity index is 1080. The van der Waals surface area contributed by atoms with E-state index < -0.39 is 10.0 Å². The van der Waals surface area contributed by atoms with Crippen molar-refractivity contribution in [3.8, 4) is 17.1 Å². The fourth-order valence-electron chi connectivity index (χ4n) is 3.36. The minimum Gasteiger partial charge on any atom is -0.495 e. The highest BCUT2D eigenvalue weighted by atomic mass is 32.2. The third-order valence-corrected chi connectivity index (χ3v) is 7.65. The van der Waals surface area contributed by atoms with Crippen LogP contribution in [0.5, 0.6) is 5.75 Å². The molecule has 1 N–H and O–H groups in total. The van der Waals surface area contributed by atoms with Gasteiger partial charge in [-0.05, 0) is 43.5 Å². The molecular weight excluding hydrogens is 398 g/mol. The largest absolute Gasteiger partial charge is 0.495 e. The molecule has 4 rings (SSSR count). The average Bonchev–Trinajstić information content (AvgIpc) is 3.40. The molecule has 0 spiro atoms. The maximum Gasteiger partial charge on any atom is 0.271 e. The van der Waals surface area contributed by atoms with Gasteiger partial charge in [-0.1, -0.05) is 24.1 Å². The first-order valence-corrected chi connectivity index (χ1v) is 11.4. The van der Waals surface area contributed by atoms with E-state index in [1.54, 1.807) is 23.6 Å². The normalized spacial score (nSPS) is 15.1. The van der Waals surface area contributed by atoms with Crippen LogP contribution in [0.3, 0.4) is 0 Å². The van der Waals surface area contributed by atoms with E-state index in [9.17, 15) is 8.42 Å². The number of methoxy groups -OCH3 is 1. The lowest BCUT2D eigenvalue weighted by atomic mass is 10.1. The monoisotopic (exact) mass is 419 g/mol. The summed E-state index contributed by atoms with van der Waals surface area (Å²) in [6, 6.07) is 6.89. The maximum absolute atomic E-state index is 12.8. The number of aryl methyl sites for hydroxylation is 1. The zero-order valence-electron chi connectivity index (χ0n) is 15.6. The van der Waals surface area contributed by atoms with Crippen LogP contribution < -0.4 is 9.46 Å². The summed E-state index contributed by atoms with van der Waals surface area (Å²) in [4.78, 5) is 4.47. The van der Waals surface area contributed by atoms with Gasteiger partial charge in [-0.25, -0.2) is 8.42 Å². The van der Waals surface area contributed by atoms with Crippen LogP contribution in [-0.2, 0) is 10.0 Å². The number of thiophene rings is 1. The van der Waals surface area contributed by atoms with Crippen molar-refractivity contribution in [3.63, 3.8) is 0 Å². The van der Waals surface area contributed by atoms with Crippen LogP contribution in [0.1, 0.15) is 43.1 Å². The summed E-state index contributed by atoms with van der Waals surface area (Å²) in [6.07, 6.45) is 4.48. The molecule has 1 aliphatic rings. The zero-order chi connectivity index (χ0) is 19.7. The van der Waals surface area contributed by atoms with Crippen molar-refractivity contribution in [1.29, 1.82) is 0 Å². The SMILES string of the molecule is COc1ccc(C)cc1NS(=O)(=O)c1cc(-c2noc(C3CCCC3)n2)cs1. The molecular formula is C19H21N3O4S2. The lowest BCUT2D eigenvalue weighted by Gasteiger charge is -2.11. The van der Waals surface area contributed by atoms with Gasteiger partial charge in [0.05, 0.1) is 12.8 Å². The van der Waals surface area contributed by atoms with Gasteiger partial charge < -0.3 is 9.26 Å². The van der Waals surface area contributed by atoms with E-state index in [0.29, 0.717) is 34.6 Å². The smallest absolute Gasteiger partial charge is 0.271 e. The molecule has 7 nitrogen and oxygen atoms in total. The Morgan fingerprint density at radius 1 is 1.25 bits per heavy atom. The summed E-state index contributed by atoms with van der Waals surface area (Å²) in [5.41, 5.74) is 1.96. The zero-order valence-corrected chi connectivity index (χ0v) is 17.3. The fourth-order valence-corrected chi connectivity index (χ4v) is 5.58. The van der Waals surface area contributed by atoms with Crippen molar-refractivity contribution in [1.82, 2.24) is 10.1 Å². The number of ether oxygens (including phenoxy) is 1. The number of anilines is 1. The van der Waals surface area contributed by atoms with Crippen molar-refractivity contribution in [3.05, 3.63) is 41.1 Å². The number of aromatic nitrogens is 2. The van der Waals surface area contributed by atoms with Crippen LogP contribution in [0.25, 0.3) is 11.4 Å². The van der Waals surface area contributed by atoms with E-state index in [4.69, 9.17) is 9.26 Å². The first kappa shape index (κ1) is 18.9. The quantitative estimate of drug-likeness (QED) is 0.629. The molecule has 0 radical (unpaired) electrons. The lowest BCUT2D eigenvalue weighted by molar-refractivity contribution is 0.354. The van der Waals surface area contributed by atoms with E-state index in [0.717, 1.165) is 29.7 Å². The van der Waals surface area contributed by atoms with E-state index in [1.165, 1.54) is 20.0 Å². The third kappa shape index (κ3) is 3.77. The van der Waals surface area contributed by atoms with E-state index in [2.05, 4.69) is 14.9 Å². The Labute approximate surface area is 167 Å². The molecule has 9 heteroatoms. The third-order valence-electron chi connectivity index (χ3n) is 4.84. The minimum absolute atomic E-state index is 0.179. The van der Waals surface area contributed by atoms with Gasteiger partial charge in [-0.3, -0.25) is 4.72 Å². The Kier molecular flexibility index (Phi) is 5.11. The summed E-state index contributed by atoms with van der Waals surface area (Å²) in [5.74, 6) is 1.85. The highest BCUT2D eigenvalue weighted by Gasteiger charge is 2.25. The van der Waals surface area contributed by atoms with Gasteiger partial charge in [-0.15, -0.1) is 11.3 Å². The number of hydrogen-bond acceptors (Lipinski definition) is 7. The average molecular weight is 420 g/mol. The molecule has 28 heavy (non-hydrogen) atoms. The van der Waals surface area contributed by atoms with Crippen LogP contribution in [0.15, 0.2) is 38.4 Å². The Hall–Kier alpha value is -2.39. The predicted octanol–water partition coefficient (Wildman–Crippen LogP) is 4.57. The summed E-state index contributed by atoms with van der Waals surface area (Å²) < 4.78 is 39.1. The molecule has 2 aromatic heterocycles. The molecule has 0 bridgehead atoms. The molecule has 1 fully saturated rings. The highest BCUT2D eigenvalue weighted by molar-refractivity contribution is 7.94.